The highest BCUT2D eigenvalue weighted by atomic mass is 79.9. The van der Waals surface area contributed by atoms with E-state index in [2.05, 4.69) is 31.5 Å². The van der Waals surface area contributed by atoms with Crippen LogP contribution in [-0.4, -0.2) is 50.3 Å². The second-order valence-electron chi connectivity index (χ2n) is 4.46. The molecular weight excluding hydrogens is 329 g/mol. The van der Waals surface area contributed by atoms with Crippen molar-refractivity contribution in [2.24, 2.45) is 0 Å². The van der Waals surface area contributed by atoms with Crippen LogP contribution in [0.4, 0.5) is 14.9 Å². The fraction of sp³-hybridized carbons (Fsp3) is 0.462. The molecule has 7 heteroatoms. The van der Waals surface area contributed by atoms with E-state index in [1.165, 1.54) is 12.1 Å². The first-order valence-electron chi connectivity index (χ1n) is 6.45. The van der Waals surface area contributed by atoms with Crippen LogP contribution in [0.5, 0.6) is 0 Å². The van der Waals surface area contributed by atoms with Gasteiger partial charge in [0.05, 0.1) is 18.9 Å². The first-order valence-corrected chi connectivity index (χ1v) is 7.24. The van der Waals surface area contributed by atoms with Crippen molar-refractivity contribution in [3.8, 4) is 0 Å². The molecule has 1 aliphatic rings. The molecule has 1 heterocycles. The van der Waals surface area contributed by atoms with E-state index in [-0.39, 0.29) is 5.69 Å². The summed E-state index contributed by atoms with van der Waals surface area (Å²) in [5.41, 5.74) is 0.164. The van der Waals surface area contributed by atoms with Crippen molar-refractivity contribution < 1.29 is 13.9 Å². The monoisotopic (exact) mass is 345 g/mol. The van der Waals surface area contributed by atoms with Crippen LogP contribution in [0.1, 0.15) is 0 Å². The van der Waals surface area contributed by atoms with Crippen LogP contribution in [0.3, 0.4) is 0 Å². The Morgan fingerprint density at radius 3 is 2.85 bits per heavy atom. The van der Waals surface area contributed by atoms with E-state index < -0.39 is 11.8 Å². The fourth-order valence-electron chi connectivity index (χ4n) is 1.91. The molecule has 1 aromatic carbocycles. The smallest absolute Gasteiger partial charge is 0.319 e. The maximum Gasteiger partial charge on any atom is 0.319 e. The topological polar surface area (TPSA) is 53.6 Å². The third kappa shape index (κ3) is 4.73. The number of benzene rings is 1. The summed E-state index contributed by atoms with van der Waals surface area (Å²) in [6.45, 7) is 4.51. The molecule has 0 atom stereocenters. The molecule has 1 aliphatic heterocycles. The molecule has 2 N–H and O–H groups in total. The summed E-state index contributed by atoms with van der Waals surface area (Å²) in [5.74, 6) is -0.470. The number of anilines is 1. The number of nitrogens with one attached hydrogen (secondary N) is 2. The van der Waals surface area contributed by atoms with Crippen LogP contribution < -0.4 is 10.6 Å². The lowest BCUT2D eigenvalue weighted by atomic mass is 10.3. The summed E-state index contributed by atoms with van der Waals surface area (Å²) in [6.07, 6.45) is 0. The van der Waals surface area contributed by atoms with Crippen molar-refractivity contribution in [2.75, 3.05) is 44.7 Å². The van der Waals surface area contributed by atoms with Crippen LogP contribution in [0.2, 0.25) is 0 Å². The van der Waals surface area contributed by atoms with E-state index in [1.54, 1.807) is 6.07 Å². The zero-order valence-corrected chi connectivity index (χ0v) is 12.6. The van der Waals surface area contributed by atoms with E-state index >= 15 is 0 Å². The van der Waals surface area contributed by atoms with Gasteiger partial charge in [-0.05, 0) is 18.2 Å². The summed E-state index contributed by atoms with van der Waals surface area (Å²) < 4.78 is 19.4. The van der Waals surface area contributed by atoms with Crippen molar-refractivity contribution >= 4 is 27.6 Å². The van der Waals surface area contributed by atoms with Gasteiger partial charge in [-0.15, -0.1) is 0 Å². The number of halogens is 2. The molecule has 110 valence electrons. The molecule has 0 unspecified atom stereocenters. The van der Waals surface area contributed by atoms with Gasteiger partial charge in [-0.25, -0.2) is 9.18 Å². The molecule has 2 rings (SSSR count). The highest BCUT2D eigenvalue weighted by molar-refractivity contribution is 9.10. The third-order valence-electron chi connectivity index (χ3n) is 3.00. The average Bonchev–Trinajstić information content (AvgIpc) is 2.43. The quantitative estimate of drug-likeness (QED) is 0.877. The number of carbonyl (C=O) groups excluding carboxylic acids is 1. The summed E-state index contributed by atoms with van der Waals surface area (Å²) in [5, 5.41) is 5.20. The zero-order chi connectivity index (χ0) is 14.4. The van der Waals surface area contributed by atoms with Crippen molar-refractivity contribution in [3.05, 3.63) is 28.5 Å². The van der Waals surface area contributed by atoms with Gasteiger partial charge in [-0.3, -0.25) is 4.90 Å². The van der Waals surface area contributed by atoms with E-state index in [0.717, 1.165) is 32.8 Å². The Hall–Kier alpha value is -1.18. The highest BCUT2D eigenvalue weighted by Crippen LogP contribution is 2.19. The normalized spacial score (nSPS) is 15.9. The number of amides is 2. The van der Waals surface area contributed by atoms with Crippen LogP contribution in [0.15, 0.2) is 22.7 Å². The van der Waals surface area contributed by atoms with E-state index in [4.69, 9.17) is 4.74 Å². The van der Waals surface area contributed by atoms with E-state index in [1.807, 2.05) is 0 Å². The van der Waals surface area contributed by atoms with Gasteiger partial charge in [0.15, 0.2) is 0 Å². The SMILES string of the molecule is O=C(NCCN1CCOCC1)Nc1ccc(Br)cc1F. The summed E-state index contributed by atoms with van der Waals surface area (Å²) >= 11 is 3.16. The first-order chi connectivity index (χ1) is 9.65. The Bertz CT molecular complexity index is 467. The standard InChI is InChI=1S/C13H17BrFN3O2/c14-10-1-2-12(11(15)9-10)17-13(19)16-3-4-18-5-7-20-8-6-18/h1-2,9H,3-8H2,(H2,16,17,19). The predicted molar refractivity (Wildman–Crippen MR) is 78.4 cm³/mol. The lowest BCUT2D eigenvalue weighted by Crippen LogP contribution is -2.42. The molecule has 1 aromatic rings. The Morgan fingerprint density at radius 2 is 2.15 bits per heavy atom. The van der Waals surface area contributed by atoms with Gasteiger partial charge in [0.2, 0.25) is 0 Å². The molecule has 1 saturated heterocycles. The minimum absolute atomic E-state index is 0.164. The minimum atomic E-state index is -0.470. The minimum Gasteiger partial charge on any atom is -0.379 e. The number of morpholine rings is 1. The van der Waals surface area contributed by atoms with E-state index in [9.17, 15) is 9.18 Å². The largest absolute Gasteiger partial charge is 0.379 e. The first kappa shape index (κ1) is 15.2. The van der Waals surface area contributed by atoms with Gasteiger partial charge in [0.25, 0.3) is 0 Å². The number of hydrogen-bond donors (Lipinski definition) is 2. The highest BCUT2D eigenvalue weighted by Gasteiger charge is 2.11. The fourth-order valence-corrected chi connectivity index (χ4v) is 2.24. The number of ether oxygens (including phenoxy) is 1. The van der Waals surface area contributed by atoms with Crippen LogP contribution in [0.25, 0.3) is 0 Å². The van der Waals surface area contributed by atoms with Gasteiger partial charge in [-0.1, -0.05) is 15.9 Å². The Labute approximate surface area is 125 Å². The molecule has 0 aromatic heterocycles. The van der Waals surface area contributed by atoms with Gasteiger partial charge >= 0.3 is 6.03 Å². The summed E-state index contributed by atoms with van der Waals surface area (Å²) in [6, 6.07) is 4.09. The molecule has 0 bridgehead atoms. The summed E-state index contributed by atoms with van der Waals surface area (Å²) in [4.78, 5) is 13.9. The maximum atomic E-state index is 13.5. The molecule has 1 fully saturated rings. The number of hydrogen-bond acceptors (Lipinski definition) is 3. The van der Waals surface area contributed by atoms with Crippen molar-refractivity contribution in [1.82, 2.24) is 10.2 Å². The molecule has 0 radical (unpaired) electrons. The summed E-state index contributed by atoms with van der Waals surface area (Å²) in [7, 11) is 0. The second kappa shape index (κ2) is 7.56. The number of carbonyl (C=O) groups is 1. The van der Waals surface area contributed by atoms with Crippen molar-refractivity contribution in [2.45, 2.75) is 0 Å². The van der Waals surface area contributed by atoms with Gasteiger partial charge < -0.3 is 15.4 Å². The number of nitrogens with zero attached hydrogens (tertiary/aromatic N) is 1. The zero-order valence-electron chi connectivity index (χ0n) is 11.0. The lowest BCUT2D eigenvalue weighted by Gasteiger charge is -2.26. The molecule has 0 aliphatic carbocycles. The number of rotatable bonds is 4. The average molecular weight is 346 g/mol. The van der Waals surface area contributed by atoms with Gasteiger partial charge in [0.1, 0.15) is 5.82 Å². The van der Waals surface area contributed by atoms with Crippen LogP contribution in [0, 0.1) is 5.82 Å². The molecule has 0 saturated carbocycles. The molecule has 2 amide bonds. The maximum absolute atomic E-state index is 13.5. The molecule has 20 heavy (non-hydrogen) atoms. The van der Waals surface area contributed by atoms with Crippen LogP contribution >= 0.6 is 15.9 Å². The van der Waals surface area contributed by atoms with E-state index in [0.29, 0.717) is 11.0 Å². The Kier molecular flexibility index (Phi) is 5.75. The molecule has 5 nitrogen and oxygen atoms in total. The molecule has 0 spiro atoms. The van der Waals surface area contributed by atoms with Gasteiger partial charge in [-0.2, -0.15) is 0 Å². The molecular formula is C13H17BrFN3O2. The second-order valence-corrected chi connectivity index (χ2v) is 5.37. The lowest BCUT2D eigenvalue weighted by molar-refractivity contribution is 0.0388. The van der Waals surface area contributed by atoms with Gasteiger partial charge in [0, 0.05) is 30.7 Å². The predicted octanol–water partition coefficient (Wildman–Crippen LogP) is 2.04. The number of urea groups is 1. The Morgan fingerprint density at radius 1 is 1.40 bits per heavy atom. The van der Waals surface area contributed by atoms with Crippen LogP contribution in [-0.2, 0) is 4.74 Å². The van der Waals surface area contributed by atoms with Crippen molar-refractivity contribution in [3.63, 3.8) is 0 Å². The Balaban J connectivity index is 1.72. The third-order valence-corrected chi connectivity index (χ3v) is 3.49. The van der Waals surface area contributed by atoms with Crippen molar-refractivity contribution in [1.29, 1.82) is 0 Å².